The number of Topliss-reactive ketones (excluding diaryl/α,β-unsaturated/α-hetero) is 2. The number of esters is 1. The first kappa shape index (κ1) is 70.2. The fourth-order valence-corrected chi connectivity index (χ4v) is 12.6. The van der Waals surface area contributed by atoms with Gasteiger partial charge in [-0.05, 0) is 94.3 Å². The van der Waals surface area contributed by atoms with Crippen molar-refractivity contribution in [1.29, 1.82) is 0 Å². The van der Waals surface area contributed by atoms with E-state index in [9.17, 15) is 50.4 Å². The molecule has 2 aliphatic rings. The second kappa shape index (κ2) is 32.3. The Balaban J connectivity index is 0.748. The molecule has 0 saturated heterocycles. The molecule has 0 saturated carbocycles. The van der Waals surface area contributed by atoms with Crippen LogP contribution in [0.5, 0.6) is 0 Å². The average Bonchev–Trinajstić information content (AvgIpc) is 1.65. The molecule has 0 radical (unpaired) electrons. The molecule has 4 N–H and O–H groups in total. The van der Waals surface area contributed by atoms with Crippen LogP contribution in [-0.2, 0) is 112 Å². The van der Waals surface area contributed by atoms with Crippen LogP contribution >= 0.6 is 0 Å². The largest absolute Gasteiger partial charge is 0.510 e. The highest BCUT2D eigenvalue weighted by Crippen LogP contribution is 2.42. The van der Waals surface area contributed by atoms with Crippen molar-refractivity contribution in [2.24, 2.45) is 11.7 Å². The number of nitrogens with two attached hydrogens (primary N) is 1. The quantitative estimate of drug-likeness (QED) is 0.0207. The van der Waals surface area contributed by atoms with Gasteiger partial charge in [0.15, 0.2) is 11.6 Å². The first-order valence-corrected chi connectivity index (χ1v) is 34.3. The van der Waals surface area contributed by atoms with Gasteiger partial charge in [-0.2, -0.15) is 4.31 Å². The molecule has 0 unspecified atom stereocenters. The Labute approximate surface area is 538 Å². The molecule has 2 amide bonds. The number of anilines is 1. The number of rotatable bonds is 34. The molecule has 6 aromatic rings. The SMILES string of the molecule is CC[C@@]1(OC(=O)OCc2ccc(NC(=O)[C@H](CCCCN)CC(=O)COCC(=O)CCCOCCn3cc(CNC(=O)CCCC#Cc4cnc(S(C)(=O)=O)nc4)nn3)cc2)C(=O)OCc2c1cc1n(c2=O)Cc2c-1nc1ccccc1c2CCN(C(C)C)S(C)(=O)=O. The molecular weight excluding hydrogens is 1240 g/mol. The minimum Gasteiger partial charge on any atom is -0.457 e. The van der Waals surface area contributed by atoms with E-state index >= 15 is 0 Å². The lowest BCUT2D eigenvalue weighted by Gasteiger charge is -2.35. The Morgan fingerprint density at radius 3 is 2.38 bits per heavy atom. The van der Waals surface area contributed by atoms with Crippen LogP contribution in [0.25, 0.3) is 22.3 Å². The third-order valence-corrected chi connectivity index (χ3v) is 18.0. The van der Waals surface area contributed by atoms with E-state index in [4.69, 9.17) is 34.4 Å². The van der Waals surface area contributed by atoms with Crippen LogP contribution in [0.15, 0.2) is 83.1 Å². The van der Waals surface area contributed by atoms with Crippen LogP contribution in [0.1, 0.15) is 124 Å². The van der Waals surface area contributed by atoms with Crippen molar-refractivity contribution >= 4 is 72.0 Å². The van der Waals surface area contributed by atoms with Gasteiger partial charge in [0.2, 0.25) is 42.4 Å². The third-order valence-electron chi connectivity index (χ3n) is 15.6. The number of nitrogens with one attached hydrogen (secondary N) is 2. The van der Waals surface area contributed by atoms with E-state index in [0.717, 1.165) is 22.8 Å². The average molecular weight is 1320 g/mol. The first-order valence-electron chi connectivity index (χ1n) is 30.6. The third kappa shape index (κ3) is 18.8. The highest BCUT2D eigenvalue weighted by Gasteiger charge is 2.51. The van der Waals surface area contributed by atoms with E-state index < -0.39 is 55.0 Å². The second-order valence-corrected chi connectivity index (χ2v) is 26.8. The minimum absolute atomic E-state index is 0.113. The van der Waals surface area contributed by atoms with E-state index in [0.29, 0.717) is 104 Å². The molecule has 93 heavy (non-hydrogen) atoms. The minimum atomic E-state index is -3.54. The van der Waals surface area contributed by atoms with Gasteiger partial charge in [0, 0.05) is 91.6 Å². The number of para-hydroxylation sites is 1. The van der Waals surface area contributed by atoms with Crippen LogP contribution < -0.4 is 21.9 Å². The van der Waals surface area contributed by atoms with Gasteiger partial charge < -0.3 is 44.6 Å². The van der Waals surface area contributed by atoms with Crippen molar-refractivity contribution in [2.45, 2.75) is 141 Å². The number of hydrogen-bond acceptors (Lipinski definition) is 22. The summed E-state index contributed by atoms with van der Waals surface area (Å²) in [6.07, 6.45) is 8.78. The molecule has 0 aliphatic carbocycles. The van der Waals surface area contributed by atoms with Crippen LogP contribution in [0, 0.1) is 17.8 Å². The van der Waals surface area contributed by atoms with Gasteiger partial charge in [-0.1, -0.05) is 60.7 Å². The number of fused-ring (bicyclic) bond motifs is 5. The Morgan fingerprint density at radius 1 is 0.903 bits per heavy atom. The number of pyridine rings is 2. The lowest BCUT2D eigenvalue weighted by molar-refractivity contribution is -0.175. The molecule has 2 atom stereocenters. The van der Waals surface area contributed by atoms with Crippen molar-refractivity contribution in [3.63, 3.8) is 0 Å². The summed E-state index contributed by atoms with van der Waals surface area (Å²) < 4.78 is 81.1. The number of cyclic esters (lactones) is 1. The van der Waals surface area contributed by atoms with Gasteiger partial charge in [-0.25, -0.2) is 46.1 Å². The molecule has 29 heteroatoms. The summed E-state index contributed by atoms with van der Waals surface area (Å²) in [5.41, 5.74) is 8.48. The fourth-order valence-electron chi connectivity index (χ4n) is 10.9. The van der Waals surface area contributed by atoms with Gasteiger partial charge >= 0.3 is 12.1 Å². The monoisotopic (exact) mass is 1320 g/mol. The van der Waals surface area contributed by atoms with E-state index in [1.165, 1.54) is 23.0 Å². The summed E-state index contributed by atoms with van der Waals surface area (Å²) in [4.78, 5) is 106. The maximum absolute atomic E-state index is 14.4. The zero-order chi connectivity index (χ0) is 66.9. The molecule has 6 heterocycles. The fraction of sp³-hybridized carbons (Fsp3) is 0.469. The van der Waals surface area contributed by atoms with Crippen molar-refractivity contribution in [1.82, 2.24) is 44.1 Å². The van der Waals surface area contributed by atoms with Gasteiger partial charge in [0.05, 0.1) is 66.7 Å². The molecule has 0 spiro atoms. The van der Waals surface area contributed by atoms with Crippen molar-refractivity contribution in [2.75, 3.05) is 57.3 Å². The smallest absolute Gasteiger partial charge is 0.457 e. The van der Waals surface area contributed by atoms with Crippen LogP contribution in [0.4, 0.5) is 10.5 Å². The van der Waals surface area contributed by atoms with Crippen LogP contribution in [-0.4, -0.2) is 149 Å². The molecule has 4 aromatic heterocycles. The lowest BCUT2D eigenvalue weighted by Crippen LogP contribution is -2.47. The topological polar surface area (TPSA) is 362 Å². The zero-order valence-electron chi connectivity index (χ0n) is 52.6. The maximum atomic E-state index is 14.4. The molecule has 8 rings (SSSR count). The van der Waals surface area contributed by atoms with Crippen molar-refractivity contribution in [3.8, 4) is 23.2 Å². The number of benzene rings is 2. The summed E-state index contributed by atoms with van der Waals surface area (Å²) in [6, 6.07) is 15.2. The molecule has 2 aliphatic heterocycles. The Hall–Kier alpha value is -8.66. The number of sulfonamides is 1. The zero-order valence-corrected chi connectivity index (χ0v) is 54.3. The summed E-state index contributed by atoms with van der Waals surface area (Å²) in [6.45, 7) is 5.80. The van der Waals surface area contributed by atoms with Crippen LogP contribution in [0.2, 0.25) is 0 Å². The van der Waals surface area contributed by atoms with E-state index in [1.54, 1.807) is 66.5 Å². The number of sulfone groups is 1. The number of carbonyl (C=O) groups excluding carboxylic acids is 6. The highest BCUT2D eigenvalue weighted by molar-refractivity contribution is 7.90. The maximum Gasteiger partial charge on any atom is 0.510 e. The first-order chi connectivity index (χ1) is 44.5. The van der Waals surface area contributed by atoms with E-state index in [1.807, 2.05) is 24.3 Å². The molecule has 496 valence electrons. The second-order valence-electron chi connectivity index (χ2n) is 23.0. The number of amides is 2. The van der Waals surface area contributed by atoms with Gasteiger partial charge in [0.25, 0.3) is 5.56 Å². The lowest BCUT2D eigenvalue weighted by atomic mass is 9.85. The Bertz CT molecular complexity index is 4070. The van der Waals surface area contributed by atoms with Crippen molar-refractivity contribution in [3.05, 3.63) is 123 Å². The van der Waals surface area contributed by atoms with Crippen LogP contribution in [0.3, 0.4) is 0 Å². The molecule has 0 fully saturated rings. The Kier molecular flexibility index (Phi) is 24.4. The summed E-state index contributed by atoms with van der Waals surface area (Å²) in [7, 11) is -7.04. The molecule has 0 bridgehead atoms. The molecule has 27 nitrogen and oxygen atoms in total. The number of ether oxygens (including phenoxy) is 5. The molecule has 2 aromatic carbocycles. The van der Waals surface area contributed by atoms with E-state index in [-0.39, 0.29) is 118 Å². The summed E-state index contributed by atoms with van der Waals surface area (Å²) in [5.74, 6) is 2.98. The van der Waals surface area contributed by atoms with Gasteiger partial charge in [0.1, 0.15) is 32.1 Å². The number of hydrogen-bond donors (Lipinski definition) is 3. The predicted molar refractivity (Wildman–Crippen MR) is 339 cm³/mol. The van der Waals surface area contributed by atoms with Crippen molar-refractivity contribution < 1.29 is 69.3 Å². The summed E-state index contributed by atoms with van der Waals surface area (Å²) in [5, 5.41) is 14.3. The Morgan fingerprint density at radius 2 is 1.66 bits per heavy atom. The highest BCUT2D eigenvalue weighted by atomic mass is 32.2. The van der Waals surface area contributed by atoms with Gasteiger partial charge in [-0.3, -0.25) is 24.0 Å². The number of carbonyl (C=O) groups is 6. The van der Waals surface area contributed by atoms with E-state index in [2.05, 4.69) is 42.8 Å². The number of aromatic nitrogens is 7. The summed E-state index contributed by atoms with van der Waals surface area (Å²) >= 11 is 0. The standard InChI is InChI=1S/C64H77N11O16S2/c1-6-64(54-32-56-58-52(37-74(56)60(80)53(54)41-89-61(64)81)50(51-18-10-11-19-55(51)70-58)25-27-75(42(2)3)93(5,85)86)91-63(82)90-38-43-21-23-46(24-22-43)69-59(79)45(16-12-13-26-65)31-49(77)40-88-39-48(76)17-14-29-87-30-28-73-36-47(71-72-73)35-66-57(78)20-9-7-8-15-44-33-67-62(68-34-44)92(4,83)84/h10-11,18-19,21-24,32-34,36,42,45H,6-7,9,12-14,16-17,20,25-31,35,37-41,65H2,1-5H3,(H,66,78)(H,69,79)/t45-,64+/m1/s1. The predicted octanol–water partition coefficient (Wildman–Crippen LogP) is 5.00. The number of unbranched alkanes of at least 4 members (excludes halogenated alkanes) is 2. The normalized spacial score (nSPS) is 14.6. The van der Waals surface area contributed by atoms with Gasteiger partial charge in [-0.15, -0.1) is 5.10 Å². The number of ketones is 2. The molecular formula is C64H77N11O16S2. The number of nitrogens with zero attached hydrogens (tertiary/aromatic N) is 8.